The van der Waals surface area contributed by atoms with E-state index in [9.17, 15) is 4.79 Å². The smallest absolute Gasteiger partial charge is 0.282 e. The van der Waals surface area contributed by atoms with E-state index in [4.69, 9.17) is 21.3 Å². The van der Waals surface area contributed by atoms with E-state index in [0.717, 1.165) is 22.9 Å². The first kappa shape index (κ1) is 22.5. The van der Waals surface area contributed by atoms with Gasteiger partial charge in [0.1, 0.15) is 11.6 Å². The summed E-state index contributed by atoms with van der Waals surface area (Å²) in [7, 11) is 0. The summed E-state index contributed by atoms with van der Waals surface area (Å²) in [5.74, 6) is 1.35. The first-order valence-corrected chi connectivity index (χ1v) is 11.2. The molecular weight excluding hydrogens is 466 g/mol. The van der Waals surface area contributed by atoms with Crippen LogP contribution in [0.15, 0.2) is 50.8 Å². The van der Waals surface area contributed by atoms with E-state index in [-0.39, 0.29) is 17.6 Å². The Morgan fingerprint density at radius 3 is 2.63 bits per heavy atom. The Labute approximate surface area is 189 Å². The molecule has 0 spiro atoms. The van der Waals surface area contributed by atoms with Crippen molar-refractivity contribution >= 4 is 44.6 Å². The Morgan fingerprint density at radius 1 is 1.20 bits per heavy atom. The van der Waals surface area contributed by atoms with Gasteiger partial charge in [-0.3, -0.25) is 4.79 Å². The molecule has 0 saturated carbocycles. The number of benzene rings is 2. The number of nitrogens with zero attached hydrogens (tertiary/aromatic N) is 3. The van der Waals surface area contributed by atoms with Crippen LogP contribution in [0.3, 0.4) is 0 Å². The summed E-state index contributed by atoms with van der Waals surface area (Å²) in [6, 6.07) is 11.0. The predicted molar refractivity (Wildman–Crippen MR) is 127 cm³/mol. The third-order valence-corrected chi connectivity index (χ3v) is 5.86. The quantitative estimate of drug-likeness (QED) is 0.361. The van der Waals surface area contributed by atoms with E-state index in [0.29, 0.717) is 27.5 Å². The molecule has 0 bridgehead atoms. The third kappa shape index (κ3) is 4.93. The molecule has 0 aliphatic rings. The molecule has 0 N–H and O–H groups in total. The van der Waals surface area contributed by atoms with E-state index >= 15 is 0 Å². The normalized spacial score (nSPS) is 13.7. The third-order valence-electron chi connectivity index (χ3n) is 5.07. The topological polar surface area (TPSA) is 56.5 Å². The molecular formula is C23H25BrClN3O2. The number of rotatable bonds is 7. The highest BCUT2D eigenvalue weighted by Gasteiger charge is 2.15. The van der Waals surface area contributed by atoms with Gasteiger partial charge in [0.25, 0.3) is 5.56 Å². The molecule has 3 rings (SSSR count). The van der Waals surface area contributed by atoms with Crippen LogP contribution >= 0.6 is 27.5 Å². The molecule has 1 heterocycles. The van der Waals surface area contributed by atoms with Crippen LogP contribution in [-0.4, -0.2) is 22.0 Å². The number of ether oxygens (including phenoxy) is 1. The zero-order chi connectivity index (χ0) is 21.8. The van der Waals surface area contributed by atoms with Crippen LogP contribution in [0.1, 0.15) is 57.8 Å². The van der Waals surface area contributed by atoms with Gasteiger partial charge in [-0.05, 0) is 61.7 Å². The molecule has 0 aliphatic carbocycles. The first-order chi connectivity index (χ1) is 14.3. The largest absolute Gasteiger partial charge is 0.489 e. The highest BCUT2D eigenvalue weighted by Crippen LogP contribution is 2.26. The lowest BCUT2D eigenvalue weighted by atomic mass is 10.1. The average molecular weight is 491 g/mol. The summed E-state index contributed by atoms with van der Waals surface area (Å²) in [6.07, 6.45) is 3.45. The van der Waals surface area contributed by atoms with Gasteiger partial charge in [-0.15, -0.1) is 0 Å². The van der Waals surface area contributed by atoms with Crippen LogP contribution in [0, 0.1) is 0 Å². The van der Waals surface area contributed by atoms with Crippen molar-refractivity contribution < 1.29 is 4.74 Å². The SMILES string of the molecule is CC[C@@H](C)c1nc2ccc(Br)cc2c(=O)n1N=Cc1ccc(O[C@@H](C)CC)c(Cl)c1. The van der Waals surface area contributed by atoms with Gasteiger partial charge in [-0.25, -0.2) is 4.98 Å². The second-order valence-corrected chi connectivity index (χ2v) is 8.65. The van der Waals surface area contributed by atoms with Crippen molar-refractivity contribution in [3.63, 3.8) is 0 Å². The molecule has 0 aliphatic heterocycles. The fourth-order valence-corrected chi connectivity index (χ4v) is 3.49. The van der Waals surface area contributed by atoms with Gasteiger partial charge in [0.15, 0.2) is 0 Å². The summed E-state index contributed by atoms with van der Waals surface area (Å²) in [5.41, 5.74) is 1.24. The van der Waals surface area contributed by atoms with E-state index in [1.165, 1.54) is 4.68 Å². The van der Waals surface area contributed by atoms with E-state index < -0.39 is 0 Å². The molecule has 2 aromatic carbocycles. The van der Waals surface area contributed by atoms with Crippen LogP contribution in [0.25, 0.3) is 10.9 Å². The first-order valence-electron chi connectivity index (χ1n) is 10.1. The van der Waals surface area contributed by atoms with Crippen molar-refractivity contribution in [3.8, 4) is 5.75 Å². The highest BCUT2D eigenvalue weighted by atomic mass is 79.9. The minimum absolute atomic E-state index is 0.0813. The van der Waals surface area contributed by atoms with E-state index in [1.807, 2.05) is 38.1 Å². The molecule has 5 nitrogen and oxygen atoms in total. The van der Waals surface area contributed by atoms with Gasteiger partial charge in [0, 0.05) is 10.4 Å². The summed E-state index contributed by atoms with van der Waals surface area (Å²) >= 11 is 9.79. The van der Waals surface area contributed by atoms with Crippen molar-refractivity contribution in [2.24, 2.45) is 5.10 Å². The number of fused-ring (bicyclic) bond motifs is 1. The number of halogens is 2. The number of aromatic nitrogens is 2. The molecule has 3 aromatic rings. The van der Waals surface area contributed by atoms with Crippen molar-refractivity contribution in [1.82, 2.24) is 9.66 Å². The molecule has 0 unspecified atom stereocenters. The van der Waals surface area contributed by atoms with Crippen LogP contribution in [-0.2, 0) is 0 Å². The Hall–Kier alpha value is -2.18. The maximum absolute atomic E-state index is 13.2. The Kier molecular flexibility index (Phi) is 7.32. The van der Waals surface area contributed by atoms with Gasteiger partial charge >= 0.3 is 0 Å². The molecule has 158 valence electrons. The summed E-state index contributed by atoms with van der Waals surface area (Å²) in [5, 5.41) is 5.50. The van der Waals surface area contributed by atoms with Crippen molar-refractivity contribution in [2.45, 2.75) is 52.6 Å². The van der Waals surface area contributed by atoms with Crippen LogP contribution in [0.4, 0.5) is 0 Å². The fraction of sp³-hybridized carbons (Fsp3) is 0.348. The van der Waals surface area contributed by atoms with Gasteiger partial charge in [0.2, 0.25) is 0 Å². The van der Waals surface area contributed by atoms with Crippen molar-refractivity contribution in [3.05, 3.63) is 67.6 Å². The van der Waals surface area contributed by atoms with Gasteiger partial charge in [-0.2, -0.15) is 9.78 Å². The molecule has 0 fully saturated rings. The lowest BCUT2D eigenvalue weighted by molar-refractivity contribution is 0.217. The lowest BCUT2D eigenvalue weighted by Gasteiger charge is -2.14. The molecule has 2 atom stereocenters. The van der Waals surface area contributed by atoms with E-state index in [1.54, 1.807) is 18.3 Å². The summed E-state index contributed by atoms with van der Waals surface area (Å²) in [6.45, 7) is 8.16. The Morgan fingerprint density at radius 2 is 1.97 bits per heavy atom. The molecule has 0 saturated heterocycles. The number of hydrogen-bond donors (Lipinski definition) is 0. The standard InChI is InChI=1S/C23H25BrClN3O2/c1-5-14(3)22-27-20-9-8-17(24)12-18(20)23(29)28(22)26-13-16-7-10-21(19(25)11-16)30-15(4)6-2/h7-15H,5-6H2,1-4H3/t14-,15+/m1/s1. The maximum atomic E-state index is 13.2. The minimum Gasteiger partial charge on any atom is -0.489 e. The van der Waals surface area contributed by atoms with Crippen LogP contribution in [0.2, 0.25) is 5.02 Å². The minimum atomic E-state index is -0.198. The maximum Gasteiger partial charge on any atom is 0.282 e. The van der Waals surface area contributed by atoms with Gasteiger partial charge in [-0.1, -0.05) is 48.3 Å². The molecule has 0 amide bonds. The molecule has 1 aromatic heterocycles. The number of hydrogen-bond acceptors (Lipinski definition) is 4. The lowest BCUT2D eigenvalue weighted by Crippen LogP contribution is -2.23. The Balaban J connectivity index is 2.04. The van der Waals surface area contributed by atoms with Crippen molar-refractivity contribution in [1.29, 1.82) is 0 Å². The van der Waals surface area contributed by atoms with E-state index in [2.05, 4.69) is 34.9 Å². The highest BCUT2D eigenvalue weighted by molar-refractivity contribution is 9.10. The van der Waals surface area contributed by atoms with Crippen molar-refractivity contribution in [2.75, 3.05) is 0 Å². The zero-order valence-electron chi connectivity index (χ0n) is 17.5. The summed E-state index contributed by atoms with van der Waals surface area (Å²) < 4.78 is 8.02. The zero-order valence-corrected chi connectivity index (χ0v) is 19.9. The second kappa shape index (κ2) is 9.75. The molecule has 7 heteroatoms. The van der Waals surface area contributed by atoms with Crippen LogP contribution in [0.5, 0.6) is 5.75 Å². The molecule has 0 radical (unpaired) electrons. The average Bonchev–Trinajstić information content (AvgIpc) is 2.74. The Bertz CT molecular complexity index is 1140. The second-order valence-electron chi connectivity index (χ2n) is 7.33. The predicted octanol–water partition coefficient (Wildman–Crippen LogP) is 6.39. The van der Waals surface area contributed by atoms with Gasteiger partial charge < -0.3 is 4.74 Å². The van der Waals surface area contributed by atoms with Crippen LogP contribution < -0.4 is 10.3 Å². The molecule has 30 heavy (non-hydrogen) atoms. The monoisotopic (exact) mass is 489 g/mol. The summed E-state index contributed by atoms with van der Waals surface area (Å²) in [4.78, 5) is 17.9. The fourth-order valence-electron chi connectivity index (χ4n) is 2.90. The van der Waals surface area contributed by atoms with Gasteiger partial charge in [0.05, 0.1) is 28.2 Å².